The SMILES string of the molecule is CC1(C)C(N)=N[C@](C)(c2cc(NC(=O)c3ccc(OCC(F)(F)C(F)F)cn3)ccc2F)C2CCN=S21. The third-order valence-electron chi connectivity index (χ3n) is 6.50. The van der Waals surface area contributed by atoms with Crippen molar-refractivity contribution in [2.24, 2.45) is 15.1 Å². The molecular formula is C24H26F5N5O2S. The number of amidine groups is 1. The lowest BCUT2D eigenvalue weighted by Crippen LogP contribution is -2.55. The molecule has 3 N–H and O–H groups in total. The summed E-state index contributed by atoms with van der Waals surface area (Å²) in [7, 11) is -0.459. The molecule has 2 unspecified atom stereocenters. The molecule has 37 heavy (non-hydrogen) atoms. The minimum absolute atomic E-state index is 0.0538. The average Bonchev–Trinajstić information content (AvgIpc) is 3.35. The topological polar surface area (TPSA) is 102 Å². The number of fused-ring (bicyclic) bond motifs is 1. The summed E-state index contributed by atoms with van der Waals surface area (Å²) >= 11 is 0. The molecule has 3 atom stereocenters. The molecule has 2 aliphatic rings. The van der Waals surface area contributed by atoms with Gasteiger partial charge in [-0.2, -0.15) is 8.78 Å². The molecule has 200 valence electrons. The molecule has 7 nitrogen and oxygen atoms in total. The van der Waals surface area contributed by atoms with E-state index in [9.17, 15) is 22.4 Å². The number of hydrogen-bond donors (Lipinski definition) is 2. The first kappa shape index (κ1) is 27.0. The van der Waals surface area contributed by atoms with Gasteiger partial charge < -0.3 is 15.8 Å². The van der Waals surface area contributed by atoms with Gasteiger partial charge in [0.05, 0.1) is 10.9 Å². The van der Waals surface area contributed by atoms with E-state index in [1.165, 1.54) is 24.3 Å². The minimum Gasteiger partial charge on any atom is -0.485 e. The molecule has 0 spiro atoms. The van der Waals surface area contributed by atoms with Crippen molar-refractivity contribution >= 4 is 28.1 Å². The van der Waals surface area contributed by atoms with E-state index in [1.807, 2.05) is 20.8 Å². The highest BCUT2D eigenvalue weighted by Gasteiger charge is 2.51. The zero-order chi connectivity index (χ0) is 27.2. The van der Waals surface area contributed by atoms with Crippen molar-refractivity contribution in [1.29, 1.82) is 0 Å². The Morgan fingerprint density at radius 1 is 1.27 bits per heavy atom. The molecule has 0 bridgehead atoms. The summed E-state index contributed by atoms with van der Waals surface area (Å²) in [5.74, 6) is -5.28. The number of amides is 1. The summed E-state index contributed by atoms with van der Waals surface area (Å²) < 4.78 is 74.7. The number of aromatic nitrogens is 1. The monoisotopic (exact) mass is 543 g/mol. The summed E-state index contributed by atoms with van der Waals surface area (Å²) in [6.07, 6.45) is -2.17. The molecule has 4 rings (SSSR count). The maximum absolute atomic E-state index is 15.1. The van der Waals surface area contributed by atoms with E-state index in [2.05, 4.69) is 15.0 Å². The minimum atomic E-state index is -4.32. The van der Waals surface area contributed by atoms with Crippen molar-refractivity contribution in [3.8, 4) is 5.75 Å². The molecule has 2 aliphatic heterocycles. The number of pyridine rings is 1. The van der Waals surface area contributed by atoms with E-state index in [1.54, 1.807) is 0 Å². The lowest BCUT2D eigenvalue weighted by atomic mass is 9.85. The fourth-order valence-electron chi connectivity index (χ4n) is 4.31. The van der Waals surface area contributed by atoms with Crippen LogP contribution in [-0.2, 0) is 16.2 Å². The quantitative estimate of drug-likeness (QED) is 0.495. The molecule has 1 aromatic carbocycles. The Hall–Kier alpha value is -3.09. The van der Waals surface area contributed by atoms with Crippen molar-refractivity contribution in [2.45, 2.75) is 55.1 Å². The van der Waals surface area contributed by atoms with Crippen molar-refractivity contribution in [3.63, 3.8) is 0 Å². The number of benzene rings is 1. The number of anilines is 1. The largest absolute Gasteiger partial charge is 0.485 e. The van der Waals surface area contributed by atoms with Gasteiger partial charge in [0.2, 0.25) is 0 Å². The highest BCUT2D eigenvalue weighted by molar-refractivity contribution is 7.90. The summed E-state index contributed by atoms with van der Waals surface area (Å²) in [5.41, 5.74) is 5.79. The lowest BCUT2D eigenvalue weighted by molar-refractivity contribution is -0.148. The fourth-order valence-corrected chi connectivity index (χ4v) is 7.03. The van der Waals surface area contributed by atoms with E-state index >= 15 is 4.39 Å². The summed E-state index contributed by atoms with van der Waals surface area (Å²) in [5, 5.41) is 2.58. The van der Waals surface area contributed by atoms with Crippen LogP contribution in [0.2, 0.25) is 0 Å². The van der Waals surface area contributed by atoms with Crippen LogP contribution in [0, 0.1) is 5.82 Å². The molecule has 0 saturated heterocycles. The van der Waals surface area contributed by atoms with Gasteiger partial charge in [-0.1, -0.05) is 10.7 Å². The van der Waals surface area contributed by atoms with E-state index < -0.39 is 51.7 Å². The zero-order valence-corrected chi connectivity index (χ0v) is 21.1. The number of carbonyl (C=O) groups is 1. The number of aliphatic imine (C=N–C) groups is 1. The normalized spacial score (nSPS) is 24.7. The van der Waals surface area contributed by atoms with E-state index in [-0.39, 0.29) is 27.9 Å². The second kappa shape index (κ2) is 9.66. The van der Waals surface area contributed by atoms with Crippen LogP contribution in [0.1, 0.15) is 43.2 Å². The fraction of sp³-hybridized carbons (Fsp3) is 0.458. The van der Waals surface area contributed by atoms with Gasteiger partial charge in [0.15, 0.2) is 6.61 Å². The first-order valence-corrected chi connectivity index (χ1v) is 12.6. The predicted octanol–water partition coefficient (Wildman–Crippen LogP) is 4.69. The second-order valence-electron chi connectivity index (χ2n) is 9.48. The molecule has 0 fully saturated rings. The van der Waals surface area contributed by atoms with Gasteiger partial charge in [-0.15, -0.1) is 0 Å². The third-order valence-corrected chi connectivity index (χ3v) is 9.45. The third kappa shape index (κ3) is 5.05. The summed E-state index contributed by atoms with van der Waals surface area (Å²) in [4.78, 5) is 21.3. The molecule has 0 aliphatic carbocycles. The number of hydrogen-bond acceptors (Lipinski definition) is 6. The van der Waals surface area contributed by atoms with Gasteiger partial charge in [0.25, 0.3) is 5.91 Å². The summed E-state index contributed by atoms with van der Waals surface area (Å²) in [6.45, 7) is 4.89. The van der Waals surface area contributed by atoms with Crippen LogP contribution >= 0.6 is 0 Å². The van der Waals surface area contributed by atoms with Crippen LogP contribution < -0.4 is 15.8 Å². The van der Waals surface area contributed by atoms with E-state index in [0.717, 1.165) is 18.7 Å². The van der Waals surface area contributed by atoms with Crippen molar-refractivity contribution in [1.82, 2.24) is 4.98 Å². The Morgan fingerprint density at radius 2 is 2.00 bits per heavy atom. The average molecular weight is 544 g/mol. The zero-order valence-electron chi connectivity index (χ0n) is 20.3. The first-order chi connectivity index (χ1) is 17.3. The van der Waals surface area contributed by atoms with E-state index in [0.29, 0.717) is 12.4 Å². The van der Waals surface area contributed by atoms with Crippen LogP contribution in [0.4, 0.5) is 27.6 Å². The highest BCUT2D eigenvalue weighted by Crippen LogP contribution is 2.46. The van der Waals surface area contributed by atoms with Gasteiger partial charge >= 0.3 is 12.3 Å². The van der Waals surface area contributed by atoms with Crippen molar-refractivity contribution < 1.29 is 31.5 Å². The molecule has 1 amide bonds. The molecule has 2 aromatic rings. The predicted molar refractivity (Wildman–Crippen MR) is 131 cm³/mol. The Bertz CT molecular complexity index is 1270. The van der Waals surface area contributed by atoms with Crippen LogP contribution in [0.3, 0.4) is 0 Å². The number of nitrogens with one attached hydrogen (secondary N) is 1. The van der Waals surface area contributed by atoms with Crippen LogP contribution in [-0.4, -0.2) is 52.2 Å². The second-order valence-corrected chi connectivity index (χ2v) is 12.0. The molecule has 1 aromatic heterocycles. The van der Waals surface area contributed by atoms with Gasteiger partial charge in [-0.05, 0) is 57.5 Å². The van der Waals surface area contributed by atoms with Gasteiger partial charge in [-0.3, -0.25) is 14.1 Å². The lowest BCUT2D eigenvalue weighted by Gasteiger charge is -2.44. The van der Waals surface area contributed by atoms with Crippen LogP contribution in [0.25, 0.3) is 0 Å². The molecule has 0 saturated carbocycles. The number of carbonyl (C=O) groups excluding carboxylic acids is 1. The molecule has 3 heterocycles. The smallest absolute Gasteiger partial charge is 0.340 e. The van der Waals surface area contributed by atoms with E-state index in [4.69, 9.17) is 15.1 Å². The van der Waals surface area contributed by atoms with Crippen molar-refractivity contribution in [2.75, 3.05) is 18.5 Å². The van der Waals surface area contributed by atoms with Gasteiger partial charge in [-0.25, -0.2) is 18.2 Å². The number of halogens is 5. The first-order valence-electron chi connectivity index (χ1n) is 11.4. The number of rotatable bonds is 7. The number of nitrogens with two attached hydrogens (primary N) is 1. The molecular weight excluding hydrogens is 517 g/mol. The number of alkyl halides is 4. The maximum Gasteiger partial charge on any atom is 0.340 e. The highest BCUT2D eigenvalue weighted by atomic mass is 32.2. The summed E-state index contributed by atoms with van der Waals surface area (Å²) in [6, 6.07) is 6.48. The Labute approximate surface area is 212 Å². The van der Waals surface area contributed by atoms with Crippen LogP contribution in [0.15, 0.2) is 45.9 Å². The van der Waals surface area contributed by atoms with Crippen LogP contribution in [0.5, 0.6) is 5.75 Å². The molecule has 0 radical (unpaired) electrons. The van der Waals surface area contributed by atoms with Crippen molar-refractivity contribution in [3.05, 3.63) is 53.6 Å². The Balaban J connectivity index is 1.53. The number of nitrogens with zero attached hydrogens (tertiary/aromatic N) is 3. The van der Waals surface area contributed by atoms with Gasteiger partial charge in [0.1, 0.15) is 28.6 Å². The van der Waals surface area contributed by atoms with Gasteiger partial charge in [0, 0.05) is 23.0 Å². The number of ether oxygens (including phenoxy) is 1. The Kier molecular flexibility index (Phi) is 7.04. The molecule has 13 heteroatoms. The standard InChI is InChI=1S/C24H26F5N5O2S/c1-22(2)21(30)34-23(3,18-8-9-32-37(18)22)15-10-13(4-6-16(15)25)33-19(35)17-7-5-14(11-31-17)36-12-24(28,29)20(26)27/h4-7,10-11,18,20H,8-9,12H2,1-3H3,(H2,30,34)(H,33,35)/t18?,23-,37?/m1/s1. The maximum atomic E-state index is 15.1. The Morgan fingerprint density at radius 3 is 2.65 bits per heavy atom.